The number of carbonyl (C=O) groups is 1. The van der Waals surface area contributed by atoms with E-state index in [2.05, 4.69) is 0 Å². The molecule has 0 bridgehead atoms. The number of aliphatic hydroxyl groups is 2. The summed E-state index contributed by atoms with van der Waals surface area (Å²) in [7, 11) is 0. The van der Waals surface area contributed by atoms with Crippen molar-refractivity contribution in [1.29, 1.82) is 0 Å². The van der Waals surface area contributed by atoms with E-state index in [0.717, 1.165) is 0 Å². The molecule has 1 aliphatic rings. The van der Waals surface area contributed by atoms with Gasteiger partial charge in [-0.3, -0.25) is 0 Å². The van der Waals surface area contributed by atoms with Gasteiger partial charge < -0.3 is 20.2 Å². The Hall–Kier alpha value is -0.810. The first kappa shape index (κ1) is 9.28. The van der Waals surface area contributed by atoms with Crippen LogP contribution in [0.5, 0.6) is 0 Å². The van der Waals surface area contributed by atoms with Gasteiger partial charge in [-0.15, -0.1) is 0 Å². The number of rotatable bonds is 0. The zero-order chi connectivity index (χ0) is 9.19. The molecule has 0 atom stereocenters. The standard InChI is InChI=1S/C7H13NO4/c9-6(10)8-4-1-2-7(11,12)3-5-8/h11-12H,1-5H2,(H,9,10). The molecule has 0 aromatic carbocycles. The zero-order valence-electron chi connectivity index (χ0n) is 6.73. The van der Waals surface area contributed by atoms with Crippen molar-refractivity contribution in [2.24, 2.45) is 0 Å². The van der Waals surface area contributed by atoms with Gasteiger partial charge in [0, 0.05) is 25.9 Å². The predicted octanol–water partition coefficient (Wildman–Crippen LogP) is -0.169. The second-order valence-corrected chi connectivity index (χ2v) is 3.11. The van der Waals surface area contributed by atoms with Crippen LogP contribution in [0, 0.1) is 0 Å². The van der Waals surface area contributed by atoms with Gasteiger partial charge in [-0.1, -0.05) is 0 Å². The molecule has 0 saturated carbocycles. The number of carboxylic acid groups (broad SMARTS) is 1. The third-order valence-electron chi connectivity index (χ3n) is 2.06. The van der Waals surface area contributed by atoms with Gasteiger partial charge in [-0.2, -0.15) is 0 Å². The molecule has 5 heteroatoms. The average molecular weight is 175 g/mol. The smallest absolute Gasteiger partial charge is 0.407 e. The van der Waals surface area contributed by atoms with Gasteiger partial charge in [-0.25, -0.2) is 4.79 Å². The highest BCUT2D eigenvalue weighted by Crippen LogP contribution is 2.18. The molecule has 70 valence electrons. The molecule has 0 radical (unpaired) electrons. The SMILES string of the molecule is O=C(O)N1CCCC(O)(O)CC1. The lowest BCUT2D eigenvalue weighted by molar-refractivity contribution is -0.167. The molecule has 3 N–H and O–H groups in total. The van der Waals surface area contributed by atoms with Crippen LogP contribution in [0.1, 0.15) is 19.3 Å². The van der Waals surface area contributed by atoms with E-state index in [4.69, 9.17) is 5.11 Å². The molecule has 1 fully saturated rings. The minimum Gasteiger partial charge on any atom is -0.465 e. The molecule has 5 nitrogen and oxygen atoms in total. The van der Waals surface area contributed by atoms with Crippen LogP contribution in [0.2, 0.25) is 0 Å². The minimum absolute atomic E-state index is 0.0965. The molecule has 0 aliphatic carbocycles. The van der Waals surface area contributed by atoms with E-state index in [1.165, 1.54) is 4.90 Å². The van der Waals surface area contributed by atoms with Crippen LogP contribution in [0.4, 0.5) is 4.79 Å². The highest BCUT2D eigenvalue weighted by molar-refractivity contribution is 5.64. The number of hydrogen-bond donors (Lipinski definition) is 3. The van der Waals surface area contributed by atoms with Crippen LogP contribution in [-0.2, 0) is 0 Å². The molecule has 0 aromatic rings. The largest absolute Gasteiger partial charge is 0.465 e. The Bertz CT molecular complexity index is 180. The van der Waals surface area contributed by atoms with Crippen molar-refractivity contribution in [2.75, 3.05) is 13.1 Å². The first-order valence-corrected chi connectivity index (χ1v) is 3.94. The maximum atomic E-state index is 10.5. The minimum atomic E-state index is -1.68. The number of hydrogen-bond acceptors (Lipinski definition) is 3. The Morgan fingerprint density at radius 3 is 2.50 bits per heavy atom. The third kappa shape index (κ3) is 2.35. The fourth-order valence-electron chi connectivity index (χ4n) is 1.30. The van der Waals surface area contributed by atoms with E-state index in [9.17, 15) is 15.0 Å². The number of amides is 1. The summed E-state index contributed by atoms with van der Waals surface area (Å²) < 4.78 is 0. The monoisotopic (exact) mass is 175 g/mol. The Morgan fingerprint density at radius 1 is 1.25 bits per heavy atom. The van der Waals surface area contributed by atoms with Crippen molar-refractivity contribution in [3.05, 3.63) is 0 Å². The fraction of sp³-hybridized carbons (Fsp3) is 0.857. The van der Waals surface area contributed by atoms with Gasteiger partial charge >= 0.3 is 6.09 Å². The fourth-order valence-corrected chi connectivity index (χ4v) is 1.30. The third-order valence-corrected chi connectivity index (χ3v) is 2.06. The molecule has 1 heterocycles. The van der Waals surface area contributed by atoms with Crippen LogP contribution < -0.4 is 0 Å². The van der Waals surface area contributed by atoms with Crippen molar-refractivity contribution in [1.82, 2.24) is 4.90 Å². The van der Waals surface area contributed by atoms with E-state index >= 15 is 0 Å². The van der Waals surface area contributed by atoms with Gasteiger partial charge in [0.15, 0.2) is 5.79 Å². The molecular formula is C7H13NO4. The quantitative estimate of drug-likeness (QED) is 0.446. The van der Waals surface area contributed by atoms with E-state index in [1.807, 2.05) is 0 Å². The Labute approximate surface area is 70.2 Å². The summed E-state index contributed by atoms with van der Waals surface area (Å²) in [5.74, 6) is -1.68. The molecule has 0 unspecified atom stereocenters. The highest BCUT2D eigenvalue weighted by atomic mass is 16.5. The van der Waals surface area contributed by atoms with Gasteiger partial charge in [0.1, 0.15) is 0 Å². The lowest BCUT2D eigenvalue weighted by Crippen LogP contribution is -2.33. The van der Waals surface area contributed by atoms with Crippen LogP contribution in [0.15, 0.2) is 0 Å². The molecule has 1 saturated heterocycles. The molecule has 1 amide bonds. The lowest BCUT2D eigenvalue weighted by Gasteiger charge is -2.19. The number of nitrogens with zero attached hydrogens (tertiary/aromatic N) is 1. The first-order valence-electron chi connectivity index (χ1n) is 3.94. The summed E-state index contributed by atoms with van der Waals surface area (Å²) in [4.78, 5) is 11.7. The van der Waals surface area contributed by atoms with Crippen molar-refractivity contribution < 1.29 is 20.1 Å². The topological polar surface area (TPSA) is 81.0 Å². The predicted molar refractivity (Wildman–Crippen MR) is 40.6 cm³/mol. The van der Waals surface area contributed by atoms with Crippen LogP contribution in [0.25, 0.3) is 0 Å². The summed E-state index contributed by atoms with van der Waals surface area (Å²) in [6, 6.07) is 0. The van der Waals surface area contributed by atoms with Gasteiger partial charge in [0.05, 0.1) is 0 Å². The first-order chi connectivity index (χ1) is 5.51. The van der Waals surface area contributed by atoms with Gasteiger partial charge in [0.2, 0.25) is 0 Å². The van der Waals surface area contributed by atoms with Crippen molar-refractivity contribution in [2.45, 2.75) is 25.0 Å². The van der Waals surface area contributed by atoms with Gasteiger partial charge in [0.25, 0.3) is 0 Å². The van der Waals surface area contributed by atoms with Crippen LogP contribution >= 0.6 is 0 Å². The van der Waals surface area contributed by atoms with E-state index in [0.29, 0.717) is 13.0 Å². The zero-order valence-corrected chi connectivity index (χ0v) is 6.73. The van der Waals surface area contributed by atoms with Crippen molar-refractivity contribution in [3.63, 3.8) is 0 Å². The Balaban J connectivity index is 2.50. The highest BCUT2D eigenvalue weighted by Gasteiger charge is 2.28. The van der Waals surface area contributed by atoms with Crippen LogP contribution in [0.3, 0.4) is 0 Å². The van der Waals surface area contributed by atoms with Gasteiger partial charge in [-0.05, 0) is 6.42 Å². The molecule has 0 aromatic heterocycles. The summed E-state index contributed by atoms with van der Waals surface area (Å²) >= 11 is 0. The summed E-state index contributed by atoms with van der Waals surface area (Å²) in [6.45, 7) is 0.584. The molecule has 1 rings (SSSR count). The van der Waals surface area contributed by atoms with Crippen molar-refractivity contribution in [3.8, 4) is 0 Å². The number of likely N-dealkylation sites (tertiary alicyclic amines) is 1. The summed E-state index contributed by atoms with van der Waals surface area (Å²) in [6.07, 6.45) is -0.150. The second-order valence-electron chi connectivity index (χ2n) is 3.11. The normalized spacial score (nSPS) is 23.3. The summed E-state index contributed by atoms with van der Waals surface area (Å²) in [5.41, 5.74) is 0. The van der Waals surface area contributed by atoms with E-state index < -0.39 is 11.9 Å². The molecule has 0 spiro atoms. The van der Waals surface area contributed by atoms with E-state index in [-0.39, 0.29) is 19.4 Å². The van der Waals surface area contributed by atoms with Crippen LogP contribution in [-0.4, -0.2) is 45.2 Å². The molecule has 12 heavy (non-hydrogen) atoms. The Kier molecular flexibility index (Phi) is 2.54. The second kappa shape index (κ2) is 3.28. The summed E-state index contributed by atoms with van der Waals surface area (Å²) in [5, 5.41) is 27.0. The molecular weight excluding hydrogens is 162 g/mol. The maximum Gasteiger partial charge on any atom is 0.407 e. The maximum absolute atomic E-state index is 10.5. The Morgan fingerprint density at radius 2 is 1.92 bits per heavy atom. The average Bonchev–Trinajstić information content (AvgIpc) is 2.10. The van der Waals surface area contributed by atoms with E-state index in [1.54, 1.807) is 0 Å². The lowest BCUT2D eigenvalue weighted by atomic mass is 10.1. The van der Waals surface area contributed by atoms with Crippen molar-refractivity contribution >= 4 is 6.09 Å². The molecule has 1 aliphatic heterocycles.